The fourth-order valence-electron chi connectivity index (χ4n) is 2.67. The Balaban J connectivity index is 1.87. The first-order valence-corrected chi connectivity index (χ1v) is 7.62. The van der Waals surface area contributed by atoms with Gasteiger partial charge in [0.2, 0.25) is 5.91 Å². The van der Waals surface area contributed by atoms with E-state index in [4.69, 9.17) is 16.7 Å². The zero-order valence-corrected chi connectivity index (χ0v) is 13.3. The van der Waals surface area contributed by atoms with Crippen LogP contribution >= 0.6 is 11.6 Å². The van der Waals surface area contributed by atoms with Crippen molar-refractivity contribution < 1.29 is 27.9 Å². The van der Waals surface area contributed by atoms with Crippen molar-refractivity contribution >= 4 is 29.2 Å². The number of rotatable bonds is 5. The second-order valence-electron chi connectivity index (χ2n) is 5.66. The Kier molecular flexibility index (Phi) is 5.71. The summed E-state index contributed by atoms with van der Waals surface area (Å²) in [5, 5.41) is 12.1. The molecule has 0 radical (unpaired) electrons. The predicted octanol–water partition coefficient (Wildman–Crippen LogP) is 2.86. The van der Waals surface area contributed by atoms with Crippen LogP contribution in [0.2, 0.25) is 5.02 Å². The molecule has 0 unspecified atom stereocenters. The Morgan fingerprint density at radius 3 is 2.38 bits per heavy atom. The number of benzene rings is 1. The van der Waals surface area contributed by atoms with E-state index in [1.807, 2.05) is 0 Å². The molecule has 24 heavy (non-hydrogen) atoms. The molecule has 2 rings (SSSR count). The minimum atomic E-state index is -4.57. The van der Waals surface area contributed by atoms with E-state index in [9.17, 15) is 22.8 Å². The largest absolute Gasteiger partial charge is 0.481 e. The van der Waals surface area contributed by atoms with Crippen LogP contribution in [-0.4, -0.2) is 47.7 Å². The molecular formula is C15H16ClF3N2O3. The summed E-state index contributed by atoms with van der Waals surface area (Å²) in [7, 11) is 0. The number of nitrogens with zero attached hydrogens (tertiary/aromatic N) is 1. The minimum absolute atomic E-state index is 0.0282. The third-order valence-electron chi connectivity index (χ3n) is 3.92. The summed E-state index contributed by atoms with van der Waals surface area (Å²) in [5.74, 6) is -5.23. The molecule has 1 aliphatic heterocycles. The van der Waals surface area contributed by atoms with Gasteiger partial charge < -0.3 is 15.3 Å². The Bertz CT molecular complexity index is 607. The molecule has 0 aromatic heterocycles. The molecule has 2 N–H and O–H groups in total. The molecule has 0 saturated carbocycles. The molecule has 1 aliphatic rings. The van der Waals surface area contributed by atoms with Gasteiger partial charge in [-0.05, 0) is 24.3 Å². The second-order valence-corrected chi connectivity index (χ2v) is 6.09. The van der Waals surface area contributed by atoms with Crippen molar-refractivity contribution in [1.29, 1.82) is 0 Å². The van der Waals surface area contributed by atoms with Gasteiger partial charge in [-0.2, -0.15) is 13.2 Å². The maximum atomic E-state index is 12.9. The number of hydrogen-bond acceptors (Lipinski definition) is 3. The number of carboxylic acids is 1. The van der Waals surface area contributed by atoms with Gasteiger partial charge in [0.25, 0.3) is 0 Å². The molecular weight excluding hydrogens is 349 g/mol. The van der Waals surface area contributed by atoms with Crippen molar-refractivity contribution in [2.24, 2.45) is 11.8 Å². The van der Waals surface area contributed by atoms with Gasteiger partial charge in [-0.3, -0.25) is 9.59 Å². The van der Waals surface area contributed by atoms with Gasteiger partial charge in [0.15, 0.2) is 0 Å². The highest BCUT2D eigenvalue weighted by Gasteiger charge is 2.52. The van der Waals surface area contributed by atoms with Gasteiger partial charge >= 0.3 is 12.1 Å². The van der Waals surface area contributed by atoms with Gasteiger partial charge in [0, 0.05) is 36.8 Å². The SMILES string of the molecule is O=C(CCN1C[C@@H](C(F)(F)F)[C@H](C(=O)O)C1)Nc1ccc(Cl)cc1. The lowest BCUT2D eigenvalue weighted by atomic mass is 9.96. The van der Waals surface area contributed by atoms with E-state index in [1.165, 1.54) is 4.90 Å². The number of anilines is 1. The van der Waals surface area contributed by atoms with E-state index >= 15 is 0 Å². The average molecular weight is 365 g/mol. The number of nitrogens with one attached hydrogen (secondary N) is 1. The molecule has 1 saturated heterocycles. The molecule has 132 valence electrons. The first kappa shape index (κ1) is 18.5. The van der Waals surface area contributed by atoms with Crippen LogP contribution in [0.1, 0.15) is 6.42 Å². The third kappa shape index (κ3) is 4.85. The van der Waals surface area contributed by atoms with E-state index in [1.54, 1.807) is 24.3 Å². The fraction of sp³-hybridized carbons (Fsp3) is 0.467. The molecule has 1 fully saturated rings. The van der Waals surface area contributed by atoms with Crippen LogP contribution in [0.4, 0.5) is 18.9 Å². The highest BCUT2D eigenvalue weighted by molar-refractivity contribution is 6.30. The van der Waals surface area contributed by atoms with Crippen molar-refractivity contribution in [1.82, 2.24) is 4.90 Å². The molecule has 1 aromatic rings. The number of alkyl halides is 3. The van der Waals surface area contributed by atoms with Gasteiger partial charge in [0.1, 0.15) is 0 Å². The van der Waals surface area contributed by atoms with Crippen LogP contribution in [0.15, 0.2) is 24.3 Å². The van der Waals surface area contributed by atoms with E-state index in [0.29, 0.717) is 10.7 Å². The summed E-state index contributed by atoms with van der Waals surface area (Å²) in [6.07, 6.45) is -4.59. The van der Waals surface area contributed by atoms with Crippen LogP contribution in [-0.2, 0) is 9.59 Å². The van der Waals surface area contributed by atoms with E-state index < -0.39 is 30.5 Å². The molecule has 0 bridgehead atoms. The fourth-order valence-corrected chi connectivity index (χ4v) is 2.79. The van der Waals surface area contributed by atoms with Crippen LogP contribution in [0.3, 0.4) is 0 Å². The lowest BCUT2D eigenvalue weighted by molar-refractivity contribution is -0.188. The van der Waals surface area contributed by atoms with Crippen LogP contribution in [0.5, 0.6) is 0 Å². The van der Waals surface area contributed by atoms with Crippen molar-refractivity contribution in [2.45, 2.75) is 12.6 Å². The van der Waals surface area contributed by atoms with Crippen LogP contribution in [0, 0.1) is 11.8 Å². The van der Waals surface area contributed by atoms with Crippen molar-refractivity contribution in [3.63, 3.8) is 0 Å². The molecule has 0 spiro atoms. The van der Waals surface area contributed by atoms with Gasteiger partial charge in [0.05, 0.1) is 11.8 Å². The lowest BCUT2D eigenvalue weighted by Crippen LogP contribution is -2.33. The number of carbonyl (C=O) groups excluding carboxylic acids is 1. The molecule has 1 aromatic carbocycles. The Morgan fingerprint density at radius 1 is 1.25 bits per heavy atom. The summed E-state index contributed by atoms with van der Waals surface area (Å²) in [5.41, 5.74) is 0.530. The van der Waals surface area contributed by atoms with E-state index in [-0.39, 0.29) is 25.4 Å². The highest BCUT2D eigenvalue weighted by Crippen LogP contribution is 2.37. The smallest absolute Gasteiger partial charge is 0.393 e. The lowest BCUT2D eigenvalue weighted by Gasteiger charge is -2.18. The number of aliphatic carboxylic acids is 1. The summed E-state index contributed by atoms with van der Waals surface area (Å²) in [4.78, 5) is 24.2. The van der Waals surface area contributed by atoms with Crippen molar-refractivity contribution in [3.8, 4) is 0 Å². The quantitative estimate of drug-likeness (QED) is 0.843. The zero-order valence-electron chi connectivity index (χ0n) is 12.5. The molecule has 5 nitrogen and oxygen atoms in total. The standard InChI is InChI=1S/C15H16ClF3N2O3/c16-9-1-3-10(4-2-9)20-13(22)5-6-21-7-11(14(23)24)12(8-21)15(17,18)19/h1-4,11-12H,5-8H2,(H,20,22)(H,23,24)/t11-,12-/m1/s1. The highest BCUT2D eigenvalue weighted by atomic mass is 35.5. The summed E-state index contributed by atoms with van der Waals surface area (Å²) < 4.78 is 38.7. The van der Waals surface area contributed by atoms with Crippen molar-refractivity contribution in [2.75, 3.05) is 25.0 Å². The van der Waals surface area contributed by atoms with Crippen molar-refractivity contribution in [3.05, 3.63) is 29.3 Å². The van der Waals surface area contributed by atoms with Crippen LogP contribution < -0.4 is 5.32 Å². The maximum absolute atomic E-state index is 12.9. The number of halogens is 4. The van der Waals surface area contributed by atoms with E-state index in [0.717, 1.165) is 0 Å². The minimum Gasteiger partial charge on any atom is -0.481 e. The zero-order chi connectivity index (χ0) is 17.9. The molecule has 1 heterocycles. The summed E-state index contributed by atoms with van der Waals surface area (Å²) >= 11 is 5.73. The Morgan fingerprint density at radius 2 is 1.88 bits per heavy atom. The Hall–Kier alpha value is -1.80. The number of hydrogen-bond donors (Lipinski definition) is 2. The number of carbonyl (C=O) groups is 2. The average Bonchev–Trinajstić information content (AvgIpc) is 2.92. The van der Waals surface area contributed by atoms with E-state index in [2.05, 4.69) is 5.32 Å². The topological polar surface area (TPSA) is 69.6 Å². The predicted molar refractivity (Wildman–Crippen MR) is 81.8 cm³/mol. The summed E-state index contributed by atoms with van der Waals surface area (Å²) in [6.45, 7) is -0.557. The first-order valence-electron chi connectivity index (χ1n) is 7.24. The number of amides is 1. The van der Waals surface area contributed by atoms with Gasteiger partial charge in [-0.1, -0.05) is 11.6 Å². The monoisotopic (exact) mass is 364 g/mol. The second kappa shape index (κ2) is 7.40. The molecule has 9 heteroatoms. The molecule has 0 aliphatic carbocycles. The maximum Gasteiger partial charge on any atom is 0.393 e. The third-order valence-corrected chi connectivity index (χ3v) is 4.17. The Labute approximate surface area is 141 Å². The van der Waals surface area contributed by atoms with Gasteiger partial charge in [-0.25, -0.2) is 0 Å². The van der Waals surface area contributed by atoms with Crippen LogP contribution in [0.25, 0.3) is 0 Å². The van der Waals surface area contributed by atoms with Gasteiger partial charge in [-0.15, -0.1) is 0 Å². The molecule has 1 amide bonds. The normalized spacial score (nSPS) is 21.7. The number of likely N-dealkylation sites (tertiary alicyclic amines) is 1. The first-order chi connectivity index (χ1) is 11.2. The number of carboxylic acid groups (broad SMARTS) is 1. The molecule has 2 atom stereocenters. The summed E-state index contributed by atoms with van der Waals surface area (Å²) in [6, 6.07) is 6.42.